The van der Waals surface area contributed by atoms with Crippen LogP contribution in [0, 0.1) is 0 Å². The van der Waals surface area contributed by atoms with E-state index in [1.807, 2.05) is 31.1 Å². The zero-order valence-electron chi connectivity index (χ0n) is 12.0. The second-order valence-corrected chi connectivity index (χ2v) is 4.46. The fraction of sp³-hybridized carbons (Fsp3) is 0.385. The summed E-state index contributed by atoms with van der Waals surface area (Å²) in [5.41, 5.74) is 1.23. The highest BCUT2D eigenvalue weighted by molar-refractivity contribution is 5.42. The van der Waals surface area contributed by atoms with Crippen molar-refractivity contribution in [3.8, 4) is 0 Å². The van der Waals surface area contributed by atoms with E-state index in [-0.39, 0.29) is 0 Å². The van der Waals surface area contributed by atoms with Crippen molar-refractivity contribution in [2.24, 2.45) is 0 Å². The van der Waals surface area contributed by atoms with Crippen LogP contribution in [-0.4, -0.2) is 47.6 Å². The van der Waals surface area contributed by atoms with Crippen LogP contribution in [0.2, 0.25) is 0 Å². The first-order valence-electron chi connectivity index (χ1n) is 6.43. The van der Waals surface area contributed by atoms with Gasteiger partial charge in [-0.05, 0) is 24.1 Å². The molecule has 0 aliphatic heterocycles. The fourth-order valence-corrected chi connectivity index (χ4v) is 1.62. The van der Waals surface area contributed by atoms with E-state index < -0.39 is 0 Å². The molecule has 0 aliphatic rings. The summed E-state index contributed by atoms with van der Waals surface area (Å²) < 4.78 is 0. The van der Waals surface area contributed by atoms with Crippen molar-refractivity contribution >= 4 is 17.8 Å². The minimum absolute atomic E-state index is 0.551. The Balaban J connectivity index is 2.00. The molecule has 0 aromatic carbocycles. The van der Waals surface area contributed by atoms with Crippen molar-refractivity contribution in [1.29, 1.82) is 0 Å². The van der Waals surface area contributed by atoms with Gasteiger partial charge in [-0.1, -0.05) is 0 Å². The van der Waals surface area contributed by atoms with Crippen LogP contribution in [0.1, 0.15) is 5.56 Å². The van der Waals surface area contributed by atoms with E-state index in [4.69, 9.17) is 0 Å². The highest BCUT2D eigenvalue weighted by Gasteiger charge is 2.06. The molecular weight excluding hydrogens is 254 g/mol. The van der Waals surface area contributed by atoms with Crippen LogP contribution < -0.4 is 15.5 Å². The normalized spacial score (nSPS) is 10.2. The number of anilines is 3. The summed E-state index contributed by atoms with van der Waals surface area (Å²) >= 11 is 0. The Hall–Kier alpha value is -2.44. The van der Waals surface area contributed by atoms with Gasteiger partial charge in [-0.25, -0.2) is 0 Å². The average molecular weight is 273 g/mol. The molecule has 0 aliphatic carbocycles. The van der Waals surface area contributed by atoms with Crippen molar-refractivity contribution < 1.29 is 0 Å². The molecule has 106 valence electrons. The summed E-state index contributed by atoms with van der Waals surface area (Å²) in [5.74, 6) is 1.74. The smallest absolute Gasteiger partial charge is 0.231 e. The van der Waals surface area contributed by atoms with E-state index in [9.17, 15) is 0 Å². The Morgan fingerprint density at radius 1 is 1.05 bits per heavy atom. The first-order valence-corrected chi connectivity index (χ1v) is 6.43. The Bertz CT molecular complexity index is 542. The maximum Gasteiger partial charge on any atom is 0.231 e. The molecule has 0 radical (unpaired) electrons. The Morgan fingerprint density at radius 2 is 1.75 bits per heavy atom. The van der Waals surface area contributed by atoms with Gasteiger partial charge in [0.15, 0.2) is 0 Å². The Kier molecular flexibility index (Phi) is 4.65. The quantitative estimate of drug-likeness (QED) is 0.813. The summed E-state index contributed by atoms with van der Waals surface area (Å²) in [6, 6.07) is 4.00. The molecule has 0 bridgehead atoms. The van der Waals surface area contributed by atoms with Crippen LogP contribution in [0.25, 0.3) is 0 Å². The lowest BCUT2D eigenvalue weighted by molar-refractivity contribution is 0.930. The molecule has 2 rings (SSSR count). The van der Waals surface area contributed by atoms with Crippen molar-refractivity contribution in [2.45, 2.75) is 6.42 Å². The van der Waals surface area contributed by atoms with Gasteiger partial charge >= 0.3 is 0 Å². The second kappa shape index (κ2) is 6.65. The predicted molar refractivity (Wildman–Crippen MR) is 80.1 cm³/mol. The number of hydrogen-bond donors (Lipinski definition) is 2. The lowest BCUT2D eigenvalue weighted by Gasteiger charge is -2.13. The monoisotopic (exact) mass is 273 g/mol. The first kappa shape index (κ1) is 14.0. The lowest BCUT2D eigenvalue weighted by atomic mass is 10.2. The molecule has 2 heterocycles. The van der Waals surface area contributed by atoms with Gasteiger partial charge in [0, 0.05) is 40.1 Å². The minimum atomic E-state index is 0.551. The van der Waals surface area contributed by atoms with Gasteiger partial charge in [0.05, 0.1) is 0 Å². The summed E-state index contributed by atoms with van der Waals surface area (Å²) in [5, 5.41) is 6.15. The summed E-state index contributed by atoms with van der Waals surface area (Å²) in [6.45, 7) is 0.754. The number of pyridine rings is 1. The predicted octanol–water partition coefficient (Wildman–Crippen LogP) is 1.03. The van der Waals surface area contributed by atoms with Crippen LogP contribution >= 0.6 is 0 Å². The van der Waals surface area contributed by atoms with Crippen molar-refractivity contribution in [2.75, 3.05) is 43.2 Å². The molecule has 0 amide bonds. The van der Waals surface area contributed by atoms with Gasteiger partial charge in [0.2, 0.25) is 17.8 Å². The topological polar surface area (TPSA) is 78.9 Å². The molecular formula is C13H19N7. The number of rotatable bonds is 6. The number of nitrogens with zero attached hydrogens (tertiary/aromatic N) is 5. The van der Waals surface area contributed by atoms with Crippen LogP contribution in [0.3, 0.4) is 0 Å². The molecule has 2 N–H and O–H groups in total. The second-order valence-electron chi connectivity index (χ2n) is 4.46. The Morgan fingerprint density at radius 3 is 2.40 bits per heavy atom. The molecule has 7 nitrogen and oxygen atoms in total. The van der Waals surface area contributed by atoms with E-state index in [1.165, 1.54) is 5.56 Å². The third-order valence-corrected chi connectivity index (χ3v) is 2.69. The van der Waals surface area contributed by atoms with Gasteiger partial charge in [0.25, 0.3) is 0 Å². The highest BCUT2D eigenvalue weighted by atomic mass is 15.3. The van der Waals surface area contributed by atoms with Crippen LogP contribution in [0.5, 0.6) is 0 Å². The number of aromatic nitrogens is 4. The first-order chi connectivity index (χ1) is 9.69. The van der Waals surface area contributed by atoms with Crippen LogP contribution in [0.4, 0.5) is 17.8 Å². The SMILES string of the molecule is CNc1nc(NCCc2ccncc2)nc(N(C)C)n1. The molecule has 0 saturated carbocycles. The molecule has 0 saturated heterocycles. The molecule has 20 heavy (non-hydrogen) atoms. The third-order valence-electron chi connectivity index (χ3n) is 2.69. The van der Waals surface area contributed by atoms with Crippen molar-refractivity contribution in [3.05, 3.63) is 30.1 Å². The number of nitrogens with one attached hydrogen (secondary N) is 2. The largest absolute Gasteiger partial charge is 0.357 e. The average Bonchev–Trinajstić information content (AvgIpc) is 2.48. The molecule has 2 aromatic rings. The maximum atomic E-state index is 4.35. The number of hydrogen-bond acceptors (Lipinski definition) is 7. The maximum absolute atomic E-state index is 4.35. The molecule has 0 unspecified atom stereocenters. The van der Waals surface area contributed by atoms with Crippen molar-refractivity contribution in [3.63, 3.8) is 0 Å². The minimum Gasteiger partial charge on any atom is -0.357 e. The zero-order chi connectivity index (χ0) is 14.4. The van der Waals surface area contributed by atoms with Gasteiger partial charge in [-0.15, -0.1) is 0 Å². The van der Waals surface area contributed by atoms with Crippen LogP contribution in [-0.2, 0) is 6.42 Å². The highest BCUT2D eigenvalue weighted by Crippen LogP contribution is 2.10. The summed E-state index contributed by atoms with van der Waals surface area (Å²) in [7, 11) is 5.58. The third kappa shape index (κ3) is 3.78. The van der Waals surface area contributed by atoms with Crippen LogP contribution in [0.15, 0.2) is 24.5 Å². The summed E-state index contributed by atoms with van der Waals surface area (Å²) in [4.78, 5) is 18.7. The lowest BCUT2D eigenvalue weighted by Crippen LogP contribution is -2.17. The van der Waals surface area contributed by atoms with Crippen molar-refractivity contribution in [1.82, 2.24) is 19.9 Å². The van der Waals surface area contributed by atoms with Gasteiger partial charge in [-0.3, -0.25) is 4.98 Å². The molecule has 7 heteroatoms. The Labute approximate surface area is 118 Å². The molecule has 0 atom stereocenters. The van der Waals surface area contributed by atoms with E-state index in [0.29, 0.717) is 17.8 Å². The van der Waals surface area contributed by atoms with E-state index in [0.717, 1.165) is 13.0 Å². The molecule has 2 aromatic heterocycles. The fourth-order valence-electron chi connectivity index (χ4n) is 1.62. The zero-order valence-corrected chi connectivity index (χ0v) is 12.0. The van der Waals surface area contributed by atoms with Gasteiger partial charge in [0.1, 0.15) is 0 Å². The van der Waals surface area contributed by atoms with E-state index in [1.54, 1.807) is 19.4 Å². The molecule has 0 fully saturated rings. The molecule has 0 spiro atoms. The summed E-state index contributed by atoms with van der Waals surface area (Å²) in [6.07, 6.45) is 4.48. The van der Waals surface area contributed by atoms with E-state index >= 15 is 0 Å². The standard InChI is InChI=1S/C13H19N7/c1-14-11-17-12(19-13(18-11)20(2)3)16-9-6-10-4-7-15-8-5-10/h4-5,7-8H,6,9H2,1-3H3,(H2,14,16,17,18,19). The van der Waals surface area contributed by atoms with E-state index in [2.05, 4.69) is 30.6 Å². The van der Waals surface area contributed by atoms with Gasteiger partial charge in [-0.2, -0.15) is 15.0 Å². The van der Waals surface area contributed by atoms with Gasteiger partial charge < -0.3 is 15.5 Å².